The summed E-state index contributed by atoms with van der Waals surface area (Å²) in [5, 5.41) is 10.5. The molecule has 0 spiro atoms. The monoisotopic (exact) mass is 287 g/mol. The van der Waals surface area contributed by atoms with E-state index in [2.05, 4.69) is 0 Å². The maximum Gasteiger partial charge on any atom is 0.363 e. The Morgan fingerprint density at radius 2 is 1.84 bits per heavy atom. The van der Waals surface area contributed by atoms with Crippen molar-refractivity contribution in [2.45, 2.75) is 31.9 Å². The van der Waals surface area contributed by atoms with E-state index < -0.39 is 22.1 Å². The zero-order chi connectivity index (χ0) is 14.6. The highest BCUT2D eigenvalue weighted by atomic mass is 35.5. The molecule has 0 saturated carbocycles. The first-order chi connectivity index (χ1) is 8.69. The number of nitrogens with zero attached hydrogens (tertiary/aromatic N) is 1. The van der Waals surface area contributed by atoms with Gasteiger partial charge in [0.25, 0.3) is 11.3 Å². The van der Waals surface area contributed by atoms with Crippen molar-refractivity contribution in [2.75, 3.05) is 0 Å². The summed E-state index contributed by atoms with van der Waals surface area (Å²) in [6, 6.07) is 5.23. The lowest BCUT2D eigenvalue weighted by atomic mass is 10.2. The second-order valence-corrected chi connectivity index (χ2v) is 5.11. The van der Waals surface area contributed by atoms with Gasteiger partial charge in [0.2, 0.25) is 0 Å². The Balaban J connectivity index is 2.64. The van der Waals surface area contributed by atoms with Crippen LogP contribution in [0.1, 0.15) is 20.8 Å². The first-order valence-electron chi connectivity index (χ1n) is 5.47. The molecule has 0 amide bonds. The lowest BCUT2D eigenvalue weighted by Crippen LogP contribution is -2.32. The molecule has 0 bridgehead atoms. The van der Waals surface area contributed by atoms with Crippen LogP contribution in [-0.4, -0.2) is 22.1 Å². The van der Waals surface area contributed by atoms with Crippen LogP contribution in [0.3, 0.4) is 0 Å². The number of nitro benzene ring substituents is 1. The van der Waals surface area contributed by atoms with Crippen molar-refractivity contribution in [1.82, 2.24) is 0 Å². The molecule has 0 N–H and O–H groups in total. The van der Waals surface area contributed by atoms with Crippen LogP contribution in [0.15, 0.2) is 24.3 Å². The molecule has 0 fully saturated rings. The van der Waals surface area contributed by atoms with Crippen molar-refractivity contribution in [1.29, 1.82) is 0 Å². The van der Waals surface area contributed by atoms with Gasteiger partial charge >= 0.3 is 5.97 Å². The number of halogens is 1. The van der Waals surface area contributed by atoms with Crippen molar-refractivity contribution in [3.63, 3.8) is 0 Å². The summed E-state index contributed by atoms with van der Waals surface area (Å²) < 4.78 is 10.2. The summed E-state index contributed by atoms with van der Waals surface area (Å²) in [6.45, 7) is 5.13. The number of carbonyl (C=O) groups is 1. The van der Waals surface area contributed by atoms with Crippen LogP contribution in [0.2, 0.25) is 0 Å². The minimum atomic E-state index is -1.30. The number of nitro groups is 1. The molecule has 0 radical (unpaired) electrons. The first-order valence-corrected chi connectivity index (χ1v) is 5.91. The largest absolute Gasteiger partial charge is 0.463 e. The summed E-state index contributed by atoms with van der Waals surface area (Å²) in [7, 11) is 0. The van der Waals surface area contributed by atoms with Gasteiger partial charge in [-0.3, -0.25) is 10.1 Å². The standard InChI is InChI=1S/C12H14ClNO5/c1-12(2,3)19-11(15)10(13)18-9-6-4-8(5-7-9)14(16)17/h4-7,10H,1-3H3. The van der Waals surface area contributed by atoms with Crippen molar-refractivity contribution in [2.24, 2.45) is 0 Å². The topological polar surface area (TPSA) is 78.7 Å². The van der Waals surface area contributed by atoms with Gasteiger partial charge in [0.05, 0.1) is 4.92 Å². The zero-order valence-electron chi connectivity index (χ0n) is 10.8. The van der Waals surface area contributed by atoms with Crippen molar-refractivity contribution >= 4 is 23.3 Å². The summed E-state index contributed by atoms with van der Waals surface area (Å²) in [6.07, 6.45) is 0. The number of esters is 1. The average molecular weight is 288 g/mol. The minimum absolute atomic E-state index is 0.0734. The van der Waals surface area contributed by atoms with E-state index in [9.17, 15) is 14.9 Å². The number of benzene rings is 1. The highest BCUT2D eigenvalue weighted by Crippen LogP contribution is 2.20. The molecule has 0 saturated heterocycles. The fourth-order valence-electron chi connectivity index (χ4n) is 1.16. The average Bonchev–Trinajstić information content (AvgIpc) is 2.27. The van der Waals surface area contributed by atoms with Crippen LogP contribution >= 0.6 is 11.6 Å². The SMILES string of the molecule is CC(C)(C)OC(=O)C(Cl)Oc1ccc([N+](=O)[O-])cc1. The number of carbonyl (C=O) groups excluding carboxylic acids is 1. The third-order valence-electron chi connectivity index (χ3n) is 1.88. The zero-order valence-corrected chi connectivity index (χ0v) is 11.5. The maximum absolute atomic E-state index is 11.6. The summed E-state index contributed by atoms with van der Waals surface area (Å²) in [4.78, 5) is 21.5. The van der Waals surface area contributed by atoms with E-state index in [0.717, 1.165) is 0 Å². The van der Waals surface area contributed by atoms with E-state index in [1.165, 1.54) is 24.3 Å². The normalized spacial score (nSPS) is 12.6. The minimum Gasteiger partial charge on any atom is -0.463 e. The van der Waals surface area contributed by atoms with E-state index in [0.29, 0.717) is 0 Å². The molecule has 0 aromatic heterocycles. The number of ether oxygens (including phenoxy) is 2. The predicted molar refractivity (Wildman–Crippen MR) is 69.2 cm³/mol. The molecular weight excluding hydrogens is 274 g/mol. The first kappa shape index (κ1) is 15.2. The maximum atomic E-state index is 11.6. The molecule has 19 heavy (non-hydrogen) atoms. The molecule has 1 atom stereocenters. The number of hydrogen-bond donors (Lipinski definition) is 0. The van der Waals surface area contributed by atoms with Gasteiger partial charge < -0.3 is 9.47 Å². The molecule has 0 aliphatic heterocycles. The van der Waals surface area contributed by atoms with Crippen LogP contribution in [0, 0.1) is 10.1 Å². The van der Waals surface area contributed by atoms with E-state index >= 15 is 0 Å². The number of alkyl halides is 1. The molecule has 104 valence electrons. The molecule has 1 unspecified atom stereocenters. The predicted octanol–water partition coefficient (Wildman–Crippen LogP) is 2.88. The smallest absolute Gasteiger partial charge is 0.363 e. The molecule has 0 aliphatic rings. The second-order valence-electron chi connectivity index (χ2n) is 4.72. The molecule has 1 aromatic rings. The fourth-order valence-corrected chi connectivity index (χ4v) is 1.31. The lowest BCUT2D eigenvalue weighted by molar-refractivity contribution is -0.384. The van der Waals surface area contributed by atoms with Crippen LogP contribution in [-0.2, 0) is 9.53 Å². The molecule has 7 heteroatoms. The van der Waals surface area contributed by atoms with Gasteiger partial charge in [-0.1, -0.05) is 11.6 Å². The van der Waals surface area contributed by atoms with E-state index in [4.69, 9.17) is 21.1 Å². The Kier molecular flexibility index (Phi) is 4.72. The third kappa shape index (κ3) is 5.13. The van der Waals surface area contributed by atoms with Gasteiger partial charge in [0.1, 0.15) is 11.4 Å². The molecule has 1 rings (SSSR count). The number of hydrogen-bond acceptors (Lipinski definition) is 5. The van der Waals surface area contributed by atoms with Gasteiger partial charge in [-0.25, -0.2) is 4.79 Å². The van der Waals surface area contributed by atoms with Gasteiger partial charge in [-0.15, -0.1) is 0 Å². The summed E-state index contributed by atoms with van der Waals surface area (Å²) >= 11 is 5.74. The Hall–Kier alpha value is -1.82. The van der Waals surface area contributed by atoms with E-state index in [1.54, 1.807) is 20.8 Å². The quantitative estimate of drug-likeness (QED) is 0.368. The van der Waals surface area contributed by atoms with E-state index in [1.807, 2.05) is 0 Å². The molecule has 6 nitrogen and oxygen atoms in total. The Morgan fingerprint density at radius 1 is 1.32 bits per heavy atom. The Labute approximate surface area is 115 Å². The molecular formula is C12H14ClNO5. The van der Waals surface area contributed by atoms with Gasteiger partial charge in [-0.05, 0) is 32.9 Å². The molecule has 0 heterocycles. The fraction of sp³-hybridized carbons (Fsp3) is 0.417. The van der Waals surface area contributed by atoms with Crippen LogP contribution in [0.4, 0.5) is 5.69 Å². The van der Waals surface area contributed by atoms with Crippen LogP contribution in [0.5, 0.6) is 5.75 Å². The van der Waals surface area contributed by atoms with Crippen LogP contribution < -0.4 is 4.74 Å². The Bertz CT molecular complexity index is 466. The number of non-ortho nitro benzene ring substituents is 1. The van der Waals surface area contributed by atoms with Gasteiger partial charge in [-0.2, -0.15) is 0 Å². The second kappa shape index (κ2) is 5.88. The van der Waals surface area contributed by atoms with Crippen molar-refractivity contribution < 1.29 is 19.2 Å². The third-order valence-corrected chi connectivity index (χ3v) is 2.15. The van der Waals surface area contributed by atoms with Gasteiger partial charge in [0.15, 0.2) is 0 Å². The van der Waals surface area contributed by atoms with E-state index in [-0.39, 0.29) is 11.4 Å². The Morgan fingerprint density at radius 3 is 2.26 bits per heavy atom. The highest BCUT2D eigenvalue weighted by molar-refractivity contribution is 6.28. The van der Waals surface area contributed by atoms with Crippen molar-refractivity contribution in [3.8, 4) is 5.75 Å². The highest BCUT2D eigenvalue weighted by Gasteiger charge is 2.24. The van der Waals surface area contributed by atoms with Crippen molar-refractivity contribution in [3.05, 3.63) is 34.4 Å². The lowest BCUT2D eigenvalue weighted by Gasteiger charge is -2.21. The van der Waals surface area contributed by atoms with Crippen LogP contribution in [0.25, 0.3) is 0 Å². The summed E-state index contributed by atoms with van der Waals surface area (Å²) in [5.74, 6) is -0.469. The summed E-state index contributed by atoms with van der Waals surface area (Å²) in [5.41, 5.74) is -2.04. The molecule has 1 aromatic carbocycles. The molecule has 0 aliphatic carbocycles. The number of rotatable bonds is 4. The van der Waals surface area contributed by atoms with Gasteiger partial charge in [0, 0.05) is 12.1 Å².